The van der Waals surface area contributed by atoms with Gasteiger partial charge in [0, 0.05) is 23.7 Å². The van der Waals surface area contributed by atoms with Gasteiger partial charge >= 0.3 is 0 Å². The first kappa shape index (κ1) is 10.1. The van der Waals surface area contributed by atoms with Crippen LogP contribution in [0.15, 0.2) is 0 Å². The molecule has 3 rings (SSSR count). The monoisotopic (exact) mass is 217 g/mol. The van der Waals surface area contributed by atoms with Crippen molar-refractivity contribution in [1.29, 1.82) is 0 Å². The molecule has 0 atom stereocenters. The maximum Gasteiger partial charge on any atom is 0.136 e. The molecule has 0 unspecified atom stereocenters. The second-order valence-corrected chi connectivity index (χ2v) is 5.34. The smallest absolute Gasteiger partial charge is 0.136 e. The van der Waals surface area contributed by atoms with Crippen LogP contribution in [0.1, 0.15) is 49.7 Å². The highest BCUT2D eigenvalue weighted by Crippen LogP contribution is 2.46. The molecular weight excluding hydrogens is 198 g/mol. The highest BCUT2D eigenvalue weighted by atomic mass is 15.0. The summed E-state index contributed by atoms with van der Waals surface area (Å²) in [6, 6.07) is 0. The molecule has 0 spiro atoms. The molecule has 0 bridgehead atoms. The van der Waals surface area contributed by atoms with E-state index in [0.717, 1.165) is 24.5 Å². The zero-order valence-corrected chi connectivity index (χ0v) is 10.1. The van der Waals surface area contributed by atoms with Crippen molar-refractivity contribution in [3.05, 3.63) is 17.1 Å². The van der Waals surface area contributed by atoms with E-state index in [1.165, 1.54) is 36.9 Å². The molecule has 1 fully saturated rings. The van der Waals surface area contributed by atoms with Gasteiger partial charge in [0.2, 0.25) is 0 Å². The Morgan fingerprint density at radius 2 is 1.88 bits per heavy atom. The van der Waals surface area contributed by atoms with Crippen LogP contribution in [0.3, 0.4) is 0 Å². The fraction of sp³-hybridized carbons (Fsp3) is 0.692. The van der Waals surface area contributed by atoms with E-state index in [4.69, 9.17) is 9.97 Å². The van der Waals surface area contributed by atoms with Crippen LogP contribution >= 0.6 is 0 Å². The van der Waals surface area contributed by atoms with Gasteiger partial charge in [0.25, 0.3) is 0 Å². The summed E-state index contributed by atoms with van der Waals surface area (Å²) in [6.07, 6.45) is 7.33. The maximum absolute atomic E-state index is 4.80. The number of hydrogen-bond donors (Lipinski definition) is 1. The zero-order valence-electron chi connectivity index (χ0n) is 10.1. The molecule has 0 aliphatic heterocycles. The summed E-state index contributed by atoms with van der Waals surface area (Å²) in [6.45, 7) is 2.27. The maximum atomic E-state index is 4.80. The Morgan fingerprint density at radius 3 is 2.56 bits per heavy atom. The molecule has 3 heteroatoms. The van der Waals surface area contributed by atoms with E-state index in [1.807, 2.05) is 7.05 Å². The Kier molecular flexibility index (Phi) is 2.16. The Bertz CT molecular complexity index is 404. The van der Waals surface area contributed by atoms with Crippen molar-refractivity contribution < 1.29 is 0 Å². The molecule has 0 radical (unpaired) electrons. The number of anilines is 1. The van der Waals surface area contributed by atoms with Crippen molar-refractivity contribution in [1.82, 2.24) is 9.97 Å². The quantitative estimate of drug-likeness (QED) is 0.827. The summed E-state index contributed by atoms with van der Waals surface area (Å²) >= 11 is 0. The lowest BCUT2D eigenvalue weighted by atomic mass is 9.95. The fourth-order valence-corrected chi connectivity index (χ4v) is 2.48. The van der Waals surface area contributed by atoms with E-state index in [-0.39, 0.29) is 5.41 Å². The summed E-state index contributed by atoms with van der Waals surface area (Å²) < 4.78 is 0. The highest BCUT2D eigenvalue weighted by molar-refractivity contribution is 5.48. The van der Waals surface area contributed by atoms with Gasteiger partial charge in [0.1, 0.15) is 11.6 Å². The van der Waals surface area contributed by atoms with E-state index in [9.17, 15) is 0 Å². The van der Waals surface area contributed by atoms with Crippen molar-refractivity contribution in [2.75, 3.05) is 12.4 Å². The molecule has 0 saturated heterocycles. The minimum absolute atomic E-state index is 0.276. The standard InChI is InChI=1S/C13H19N3/c1-13(7-8-13)12-15-10-6-4-3-5-9(10)11(14-2)16-12/h3-8H2,1-2H3,(H,14,15,16). The summed E-state index contributed by atoms with van der Waals surface area (Å²) in [5.74, 6) is 2.14. The third kappa shape index (κ3) is 1.49. The first-order chi connectivity index (χ1) is 7.73. The number of nitrogens with one attached hydrogen (secondary N) is 1. The zero-order chi connectivity index (χ0) is 11.2. The third-order valence-electron chi connectivity index (χ3n) is 3.96. The molecule has 86 valence electrons. The van der Waals surface area contributed by atoms with Gasteiger partial charge in [-0.25, -0.2) is 9.97 Å². The number of fused-ring (bicyclic) bond motifs is 1. The predicted molar refractivity (Wildman–Crippen MR) is 64.8 cm³/mol. The van der Waals surface area contributed by atoms with Gasteiger partial charge in [-0.1, -0.05) is 6.92 Å². The first-order valence-corrected chi connectivity index (χ1v) is 6.31. The molecule has 2 aliphatic rings. The van der Waals surface area contributed by atoms with Crippen LogP contribution in [-0.2, 0) is 18.3 Å². The minimum Gasteiger partial charge on any atom is -0.373 e. The SMILES string of the molecule is CNc1nc(C2(C)CC2)nc2c1CCCC2. The Hall–Kier alpha value is -1.12. The molecule has 2 aliphatic carbocycles. The van der Waals surface area contributed by atoms with Crippen molar-refractivity contribution in [2.45, 2.75) is 50.9 Å². The molecule has 1 saturated carbocycles. The van der Waals surface area contributed by atoms with Crippen molar-refractivity contribution >= 4 is 5.82 Å². The third-order valence-corrected chi connectivity index (χ3v) is 3.96. The van der Waals surface area contributed by atoms with Gasteiger partial charge in [-0.2, -0.15) is 0 Å². The summed E-state index contributed by atoms with van der Waals surface area (Å²) in [5.41, 5.74) is 2.94. The van der Waals surface area contributed by atoms with Crippen LogP contribution in [0.2, 0.25) is 0 Å². The molecule has 16 heavy (non-hydrogen) atoms. The molecule has 1 N–H and O–H groups in total. The molecule has 0 aromatic carbocycles. The molecule has 1 heterocycles. The van der Waals surface area contributed by atoms with Crippen LogP contribution in [0.5, 0.6) is 0 Å². The molecular formula is C13H19N3. The molecule has 1 aromatic rings. The molecule has 3 nitrogen and oxygen atoms in total. The van der Waals surface area contributed by atoms with E-state index in [2.05, 4.69) is 12.2 Å². The number of hydrogen-bond acceptors (Lipinski definition) is 3. The van der Waals surface area contributed by atoms with Crippen LogP contribution < -0.4 is 5.32 Å². The Morgan fingerprint density at radius 1 is 1.12 bits per heavy atom. The normalized spacial score (nSPS) is 21.4. The van der Waals surface area contributed by atoms with Crippen LogP contribution in [0.25, 0.3) is 0 Å². The van der Waals surface area contributed by atoms with E-state index < -0.39 is 0 Å². The van der Waals surface area contributed by atoms with Crippen molar-refractivity contribution in [3.8, 4) is 0 Å². The Balaban J connectivity index is 2.09. The topological polar surface area (TPSA) is 37.8 Å². The van der Waals surface area contributed by atoms with Crippen molar-refractivity contribution in [3.63, 3.8) is 0 Å². The van der Waals surface area contributed by atoms with E-state index in [0.29, 0.717) is 0 Å². The average Bonchev–Trinajstić information content (AvgIpc) is 3.07. The van der Waals surface area contributed by atoms with Gasteiger partial charge in [0.15, 0.2) is 0 Å². The lowest BCUT2D eigenvalue weighted by Crippen LogP contribution is -2.16. The predicted octanol–water partition coefficient (Wildman–Crippen LogP) is 2.45. The van der Waals surface area contributed by atoms with Crippen molar-refractivity contribution in [2.24, 2.45) is 0 Å². The van der Waals surface area contributed by atoms with Gasteiger partial charge in [-0.05, 0) is 38.5 Å². The molecule has 1 aromatic heterocycles. The number of rotatable bonds is 2. The largest absolute Gasteiger partial charge is 0.373 e. The van der Waals surface area contributed by atoms with Gasteiger partial charge < -0.3 is 5.32 Å². The summed E-state index contributed by atoms with van der Waals surface area (Å²) in [5, 5.41) is 3.24. The number of aryl methyl sites for hydroxylation is 1. The summed E-state index contributed by atoms with van der Waals surface area (Å²) in [4.78, 5) is 9.52. The van der Waals surface area contributed by atoms with Crippen LogP contribution in [0, 0.1) is 0 Å². The van der Waals surface area contributed by atoms with E-state index in [1.54, 1.807) is 0 Å². The lowest BCUT2D eigenvalue weighted by molar-refractivity contribution is 0.632. The number of aromatic nitrogens is 2. The summed E-state index contributed by atoms with van der Waals surface area (Å²) in [7, 11) is 1.97. The van der Waals surface area contributed by atoms with Crippen LogP contribution in [0.4, 0.5) is 5.82 Å². The average molecular weight is 217 g/mol. The minimum atomic E-state index is 0.276. The number of nitrogens with zero attached hydrogens (tertiary/aromatic N) is 2. The second-order valence-electron chi connectivity index (χ2n) is 5.34. The van der Waals surface area contributed by atoms with Gasteiger partial charge in [-0.15, -0.1) is 0 Å². The Labute approximate surface area is 96.7 Å². The van der Waals surface area contributed by atoms with E-state index >= 15 is 0 Å². The fourth-order valence-electron chi connectivity index (χ4n) is 2.48. The molecule has 0 amide bonds. The van der Waals surface area contributed by atoms with Crippen LogP contribution in [-0.4, -0.2) is 17.0 Å². The van der Waals surface area contributed by atoms with Gasteiger partial charge in [0.05, 0.1) is 0 Å². The lowest BCUT2D eigenvalue weighted by Gasteiger charge is -2.20. The second kappa shape index (κ2) is 3.44. The van der Waals surface area contributed by atoms with Gasteiger partial charge in [-0.3, -0.25) is 0 Å². The first-order valence-electron chi connectivity index (χ1n) is 6.31. The highest BCUT2D eigenvalue weighted by Gasteiger charge is 2.42.